The van der Waals surface area contributed by atoms with Crippen molar-refractivity contribution < 1.29 is 19.1 Å². The zero-order chi connectivity index (χ0) is 19.8. The van der Waals surface area contributed by atoms with Gasteiger partial charge in [-0.1, -0.05) is 37.1 Å². The van der Waals surface area contributed by atoms with Crippen molar-refractivity contribution in [3.63, 3.8) is 0 Å². The van der Waals surface area contributed by atoms with Crippen molar-refractivity contribution in [3.8, 4) is 5.75 Å². The maximum Gasteiger partial charge on any atom is 0.257 e. The quantitative estimate of drug-likeness (QED) is 0.696. The molecule has 2 heterocycles. The van der Waals surface area contributed by atoms with Gasteiger partial charge < -0.3 is 19.7 Å². The summed E-state index contributed by atoms with van der Waals surface area (Å²) in [6.45, 7) is 3.84. The van der Waals surface area contributed by atoms with Gasteiger partial charge in [-0.05, 0) is 38.3 Å². The van der Waals surface area contributed by atoms with E-state index in [0.29, 0.717) is 44.0 Å². The maximum atomic E-state index is 13.2. The predicted molar refractivity (Wildman–Crippen MR) is 107 cm³/mol. The van der Waals surface area contributed by atoms with Crippen LogP contribution in [0.1, 0.15) is 49.4 Å². The van der Waals surface area contributed by atoms with Gasteiger partial charge in [-0.3, -0.25) is 9.59 Å². The number of hydrogen-bond acceptors (Lipinski definition) is 4. The molecule has 1 saturated heterocycles. The van der Waals surface area contributed by atoms with E-state index in [1.165, 1.54) is 0 Å². The molecule has 1 aromatic rings. The minimum absolute atomic E-state index is 0.0443. The lowest BCUT2D eigenvalue weighted by Crippen LogP contribution is -2.49. The van der Waals surface area contributed by atoms with Crippen LogP contribution >= 0.6 is 0 Å². The Morgan fingerprint density at radius 2 is 1.96 bits per heavy atom. The first-order chi connectivity index (χ1) is 13.6. The Balaban J connectivity index is 1.85. The molecule has 2 amide bonds. The molecule has 1 aromatic carbocycles. The van der Waals surface area contributed by atoms with Crippen LogP contribution in [0.25, 0.3) is 0 Å². The zero-order valence-electron chi connectivity index (χ0n) is 16.6. The van der Waals surface area contributed by atoms with Crippen molar-refractivity contribution in [1.29, 1.82) is 0 Å². The second kappa shape index (κ2) is 10.3. The maximum absolute atomic E-state index is 13.2. The van der Waals surface area contributed by atoms with E-state index in [0.717, 1.165) is 25.7 Å². The number of benzene rings is 1. The summed E-state index contributed by atoms with van der Waals surface area (Å²) in [5.74, 6) is 0.437. The first-order valence-electron chi connectivity index (χ1n) is 10.2. The van der Waals surface area contributed by atoms with E-state index in [1.807, 2.05) is 41.3 Å². The molecule has 1 fully saturated rings. The van der Waals surface area contributed by atoms with Gasteiger partial charge in [-0.15, -0.1) is 0 Å². The number of para-hydroxylation sites is 1. The van der Waals surface area contributed by atoms with E-state index >= 15 is 0 Å². The summed E-state index contributed by atoms with van der Waals surface area (Å²) in [6.07, 6.45) is 8.01. The lowest BCUT2D eigenvalue weighted by atomic mass is 10.0. The first-order valence-corrected chi connectivity index (χ1v) is 10.2. The van der Waals surface area contributed by atoms with Gasteiger partial charge in [-0.25, -0.2) is 0 Å². The fraction of sp³-hybridized carbons (Fsp3) is 0.545. The normalized spacial score (nSPS) is 26.2. The number of hydrogen-bond donors (Lipinski definition) is 1. The fourth-order valence-corrected chi connectivity index (χ4v) is 3.59. The monoisotopic (exact) mass is 386 g/mol. The third-order valence-electron chi connectivity index (χ3n) is 5.20. The number of nitrogens with zero attached hydrogens (tertiary/aromatic N) is 1. The van der Waals surface area contributed by atoms with Crippen LogP contribution in [0.3, 0.4) is 0 Å². The van der Waals surface area contributed by atoms with Crippen LogP contribution in [0.2, 0.25) is 0 Å². The number of carbonyl (C=O) groups excluding carboxylic acids is 2. The zero-order valence-corrected chi connectivity index (χ0v) is 16.6. The summed E-state index contributed by atoms with van der Waals surface area (Å²) < 4.78 is 11.5. The molecule has 2 bridgehead atoms. The van der Waals surface area contributed by atoms with E-state index in [-0.39, 0.29) is 17.9 Å². The molecule has 2 aliphatic rings. The highest BCUT2D eigenvalue weighted by Crippen LogP contribution is 2.22. The Hall–Kier alpha value is -2.34. The fourth-order valence-electron chi connectivity index (χ4n) is 3.59. The summed E-state index contributed by atoms with van der Waals surface area (Å²) in [5, 5.41) is 3.09. The second-order valence-electron chi connectivity index (χ2n) is 7.39. The highest BCUT2D eigenvalue weighted by Gasteiger charge is 2.26. The third kappa shape index (κ3) is 5.58. The number of fused-ring (bicyclic) bond motifs is 3. The molecule has 6 heteroatoms. The van der Waals surface area contributed by atoms with Crippen molar-refractivity contribution in [2.75, 3.05) is 26.3 Å². The Labute approximate surface area is 166 Å². The molecule has 0 spiro atoms. The summed E-state index contributed by atoms with van der Waals surface area (Å²) in [7, 11) is 0. The van der Waals surface area contributed by atoms with Gasteiger partial charge in [0.1, 0.15) is 18.5 Å². The molecule has 2 aliphatic heterocycles. The third-order valence-corrected chi connectivity index (χ3v) is 5.20. The Morgan fingerprint density at radius 1 is 1.11 bits per heavy atom. The van der Waals surface area contributed by atoms with Crippen LogP contribution in [0.5, 0.6) is 5.75 Å². The van der Waals surface area contributed by atoms with Crippen LogP contribution in [0, 0.1) is 0 Å². The molecule has 152 valence electrons. The van der Waals surface area contributed by atoms with Crippen LogP contribution < -0.4 is 10.1 Å². The van der Waals surface area contributed by atoms with E-state index in [2.05, 4.69) is 5.32 Å². The molecule has 0 aliphatic carbocycles. The second-order valence-corrected chi connectivity index (χ2v) is 7.39. The van der Waals surface area contributed by atoms with Crippen molar-refractivity contribution in [3.05, 3.63) is 42.0 Å². The van der Waals surface area contributed by atoms with Gasteiger partial charge in [-0.2, -0.15) is 0 Å². The van der Waals surface area contributed by atoms with Crippen molar-refractivity contribution in [2.24, 2.45) is 0 Å². The van der Waals surface area contributed by atoms with E-state index in [1.54, 1.807) is 6.92 Å². The summed E-state index contributed by atoms with van der Waals surface area (Å²) >= 11 is 0. The van der Waals surface area contributed by atoms with Gasteiger partial charge in [0.05, 0.1) is 12.2 Å². The van der Waals surface area contributed by atoms with Crippen LogP contribution in [-0.4, -0.2) is 55.2 Å². The largest absolute Gasteiger partial charge is 0.489 e. The number of nitrogens with one attached hydrogen (secondary N) is 1. The molecular weight excluding hydrogens is 356 g/mol. The van der Waals surface area contributed by atoms with Crippen LogP contribution in [-0.2, 0) is 9.53 Å². The average Bonchev–Trinajstić information content (AvgIpc) is 2.68. The molecule has 0 radical (unpaired) electrons. The summed E-state index contributed by atoms with van der Waals surface area (Å²) in [4.78, 5) is 27.6. The molecule has 0 saturated carbocycles. The standard InChI is InChI=1S/C22H30N2O4/c1-17-21(25)23-18-10-4-2-7-13-24(16-18)22(26)19-11-5-6-12-20(19)28-15-9-3-8-14-27-17/h3,5-6,9,11-12,17-18H,2,4,7-8,10,13-16H2,1H3,(H,23,25)/b9-3-. The van der Waals surface area contributed by atoms with Crippen LogP contribution in [0.4, 0.5) is 0 Å². The van der Waals surface area contributed by atoms with Gasteiger partial charge in [0.25, 0.3) is 5.91 Å². The highest BCUT2D eigenvalue weighted by molar-refractivity contribution is 5.97. The van der Waals surface area contributed by atoms with Crippen molar-refractivity contribution in [1.82, 2.24) is 10.2 Å². The summed E-state index contributed by atoms with van der Waals surface area (Å²) in [5.41, 5.74) is 0.574. The summed E-state index contributed by atoms with van der Waals surface area (Å²) in [6, 6.07) is 7.31. The lowest BCUT2D eigenvalue weighted by Gasteiger charge is -2.31. The van der Waals surface area contributed by atoms with Gasteiger partial charge in [0.15, 0.2) is 0 Å². The smallest absolute Gasteiger partial charge is 0.257 e. The predicted octanol–water partition coefficient (Wildman–Crippen LogP) is 2.93. The molecule has 28 heavy (non-hydrogen) atoms. The number of ether oxygens (including phenoxy) is 2. The van der Waals surface area contributed by atoms with Crippen molar-refractivity contribution >= 4 is 11.8 Å². The minimum atomic E-state index is -0.507. The van der Waals surface area contributed by atoms with E-state index in [9.17, 15) is 9.59 Å². The van der Waals surface area contributed by atoms with Crippen molar-refractivity contribution in [2.45, 2.75) is 51.2 Å². The van der Waals surface area contributed by atoms with E-state index < -0.39 is 6.10 Å². The minimum Gasteiger partial charge on any atom is -0.489 e. The number of rotatable bonds is 0. The lowest BCUT2D eigenvalue weighted by molar-refractivity contribution is -0.132. The van der Waals surface area contributed by atoms with Gasteiger partial charge >= 0.3 is 0 Å². The Bertz CT molecular complexity index is 704. The molecule has 6 nitrogen and oxygen atoms in total. The molecule has 2 atom stereocenters. The van der Waals surface area contributed by atoms with Gasteiger partial charge in [0, 0.05) is 19.1 Å². The molecule has 3 rings (SSSR count). The molecule has 2 unspecified atom stereocenters. The first kappa shape index (κ1) is 20.4. The average molecular weight is 386 g/mol. The molecular formula is C22H30N2O4. The van der Waals surface area contributed by atoms with Gasteiger partial charge in [0.2, 0.25) is 5.91 Å². The highest BCUT2D eigenvalue weighted by atomic mass is 16.5. The number of carbonyl (C=O) groups is 2. The van der Waals surface area contributed by atoms with E-state index in [4.69, 9.17) is 9.47 Å². The SMILES string of the molecule is CC1OCC/C=C\COc2ccccc2C(=O)N2CCCCCC(C2)NC1=O. The van der Waals surface area contributed by atoms with Crippen LogP contribution in [0.15, 0.2) is 36.4 Å². The Kier molecular flexibility index (Phi) is 7.48. The molecule has 0 aromatic heterocycles. The Morgan fingerprint density at radius 3 is 2.86 bits per heavy atom. The molecule has 1 N–H and O–H groups in total. The number of amides is 2. The topological polar surface area (TPSA) is 67.9 Å².